The lowest BCUT2D eigenvalue weighted by atomic mass is 10.7. The van der Waals surface area contributed by atoms with E-state index in [1.165, 1.54) is 6.20 Å². The second-order valence-electron chi connectivity index (χ2n) is 0.930. The van der Waals surface area contributed by atoms with Crippen molar-refractivity contribution in [1.82, 2.24) is 9.97 Å². The first-order valence-electron chi connectivity index (χ1n) is 2.66. The van der Waals surface area contributed by atoms with Gasteiger partial charge in [-0.1, -0.05) is 0 Å². The summed E-state index contributed by atoms with van der Waals surface area (Å²) in [5.41, 5.74) is 0. The molecule has 0 radical (unpaired) electrons. The summed E-state index contributed by atoms with van der Waals surface area (Å²) in [5, 5.41) is 0. The average molecular weight is 161 g/mol. The summed E-state index contributed by atoms with van der Waals surface area (Å²) in [4.78, 5) is 6.98. The number of hydrogen-bond acceptors (Lipinski definition) is 2. The maximum Gasteiger partial charge on any atom is 0.115 e. The van der Waals surface area contributed by atoms with Crippen molar-refractivity contribution in [3.05, 3.63) is 23.1 Å². The van der Waals surface area contributed by atoms with Gasteiger partial charge in [0.25, 0.3) is 0 Å². The number of rotatable bonds is 0. The van der Waals surface area contributed by atoms with Crippen LogP contribution in [-0.4, -0.2) is 9.97 Å². The fourth-order valence-electron chi connectivity index (χ4n) is 0.222. The predicted molar refractivity (Wildman–Crippen MR) is 29.7 cm³/mol. The van der Waals surface area contributed by atoms with Crippen LogP contribution in [0.2, 0.25) is 0 Å². The second-order valence-corrected chi connectivity index (χ2v) is 1.78. The lowest BCUT2D eigenvalue weighted by molar-refractivity contribution is 1.15. The molecule has 0 saturated heterocycles. The van der Waals surface area contributed by atoms with Crippen molar-refractivity contribution in [2.24, 2.45) is 0 Å². The fraction of sp³-hybridized carbons (Fsp3) is 0. The molecule has 0 aromatic carbocycles. The first kappa shape index (κ1) is 2.77. The van der Waals surface area contributed by atoms with Crippen LogP contribution in [0, 0.1) is 0 Å². The molecular formula is C4H3BrN2. The molecule has 1 aromatic heterocycles. The molecule has 0 saturated carbocycles. The molecule has 0 spiro atoms. The van der Waals surface area contributed by atoms with E-state index in [2.05, 4.69) is 25.9 Å². The summed E-state index contributed by atoms with van der Waals surface area (Å²) in [6.45, 7) is 0. The molecule has 0 atom stereocenters. The highest BCUT2D eigenvalue weighted by atomic mass is 79.9. The van der Waals surface area contributed by atoms with Crippen LogP contribution < -0.4 is 0 Å². The molecule has 36 valence electrons. The molecule has 0 N–H and O–H groups in total. The first-order valence-corrected chi connectivity index (χ1v) is 2.45. The van der Waals surface area contributed by atoms with Gasteiger partial charge in [0.15, 0.2) is 0 Å². The summed E-state index contributed by atoms with van der Waals surface area (Å²) >= 11 is 3.03. The molecule has 0 fully saturated rings. The molecule has 0 aliphatic heterocycles. The molecule has 0 bridgehead atoms. The first-order chi connectivity index (χ1) is 4.20. The van der Waals surface area contributed by atoms with Crippen LogP contribution in [0.1, 0.15) is 2.74 Å². The molecule has 0 aliphatic carbocycles. The average Bonchev–Trinajstić information content (AvgIpc) is 1.80. The van der Waals surface area contributed by atoms with E-state index in [0.29, 0.717) is 4.47 Å². The summed E-state index contributed by atoms with van der Waals surface area (Å²) < 4.78 is 14.4. The van der Waals surface area contributed by atoms with Crippen molar-refractivity contribution in [2.75, 3.05) is 0 Å². The van der Waals surface area contributed by atoms with Gasteiger partial charge in [0.2, 0.25) is 0 Å². The Balaban J connectivity index is 3.17. The van der Waals surface area contributed by atoms with Crippen LogP contribution in [0.15, 0.2) is 23.1 Å². The van der Waals surface area contributed by atoms with E-state index in [9.17, 15) is 0 Å². The maximum atomic E-state index is 7.04. The standard InChI is InChI=1S/C4H3BrN2/c5-4-1-6-3-7-2-4/h1-3H/i1D,3D. The molecule has 1 heterocycles. The maximum absolute atomic E-state index is 7.04. The van der Waals surface area contributed by atoms with Crippen LogP contribution in [0.4, 0.5) is 0 Å². The Bertz CT molecular complexity index is 228. The van der Waals surface area contributed by atoms with Gasteiger partial charge in [-0.05, 0) is 15.9 Å². The second kappa shape index (κ2) is 2.02. The highest BCUT2D eigenvalue weighted by molar-refractivity contribution is 9.10. The minimum atomic E-state index is -0.122. The summed E-state index contributed by atoms with van der Waals surface area (Å²) in [7, 11) is 0. The van der Waals surface area contributed by atoms with E-state index in [1.54, 1.807) is 0 Å². The van der Waals surface area contributed by atoms with Gasteiger partial charge in [-0.15, -0.1) is 0 Å². The molecule has 1 aromatic rings. The van der Waals surface area contributed by atoms with E-state index in [-0.39, 0.29) is 12.5 Å². The number of nitrogens with zero attached hydrogens (tertiary/aromatic N) is 2. The molecule has 0 aliphatic rings. The lowest BCUT2D eigenvalue weighted by Crippen LogP contribution is -1.71. The van der Waals surface area contributed by atoms with Crippen LogP contribution >= 0.6 is 15.9 Å². The molecule has 7 heavy (non-hydrogen) atoms. The van der Waals surface area contributed by atoms with Crippen molar-refractivity contribution >= 4 is 15.9 Å². The van der Waals surface area contributed by atoms with Gasteiger partial charge in [-0.3, -0.25) is 0 Å². The Morgan fingerprint density at radius 1 is 1.71 bits per heavy atom. The largest absolute Gasteiger partial charge is 0.244 e. The van der Waals surface area contributed by atoms with E-state index in [0.717, 1.165) is 0 Å². The molecule has 2 nitrogen and oxygen atoms in total. The van der Waals surface area contributed by atoms with E-state index in [1.807, 2.05) is 0 Å². The molecule has 1 rings (SSSR count). The van der Waals surface area contributed by atoms with Crippen LogP contribution in [-0.2, 0) is 0 Å². The SMILES string of the molecule is [2H]c1ncc(Br)c([2H])n1. The monoisotopic (exact) mass is 160 g/mol. The van der Waals surface area contributed by atoms with Gasteiger partial charge in [0.05, 0.1) is 5.84 Å². The van der Waals surface area contributed by atoms with E-state index < -0.39 is 0 Å². The number of aromatic nitrogens is 2. The number of hydrogen-bond donors (Lipinski definition) is 0. The van der Waals surface area contributed by atoms with Gasteiger partial charge in [0, 0.05) is 12.4 Å². The molecule has 3 heteroatoms. The summed E-state index contributed by atoms with van der Waals surface area (Å²) in [6, 6.07) is 0. The zero-order valence-corrected chi connectivity index (χ0v) is 4.94. The highest BCUT2D eigenvalue weighted by Crippen LogP contribution is 2.00. The number of halogens is 1. The van der Waals surface area contributed by atoms with Crippen LogP contribution in [0.25, 0.3) is 0 Å². The Morgan fingerprint density at radius 2 is 2.57 bits per heavy atom. The molecular weight excluding hydrogens is 156 g/mol. The van der Waals surface area contributed by atoms with Crippen LogP contribution in [0.5, 0.6) is 0 Å². The van der Waals surface area contributed by atoms with Gasteiger partial charge in [0.1, 0.15) is 7.67 Å². The fourth-order valence-corrected chi connectivity index (χ4v) is 0.413. The van der Waals surface area contributed by atoms with Crippen molar-refractivity contribution in [1.29, 1.82) is 0 Å². The zero-order chi connectivity index (χ0) is 6.85. The van der Waals surface area contributed by atoms with Gasteiger partial charge < -0.3 is 0 Å². The smallest absolute Gasteiger partial charge is 0.115 e. The van der Waals surface area contributed by atoms with E-state index >= 15 is 0 Å². The molecule has 0 unspecified atom stereocenters. The van der Waals surface area contributed by atoms with Crippen LogP contribution in [0.3, 0.4) is 0 Å². The van der Waals surface area contributed by atoms with Crippen molar-refractivity contribution in [2.45, 2.75) is 0 Å². The van der Waals surface area contributed by atoms with Crippen molar-refractivity contribution < 1.29 is 2.74 Å². The van der Waals surface area contributed by atoms with Crippen molar-refractivity contribution in [3.63, 3.8) is 0 Å². The van der Waals surface area contributed by atoms with Gasteiger partial charge >= 0.3 is 0 Å². The third-order valence-electron chi connectivity index (χ3n) is 0.448. The Hall–Kier alpha value is -0.440. The topological polar surface area (TPSA) is 25.8 Å². The Labute approximate surface area is 52.5 Å². The third-order valence-corrected chi connectivity index (χ3v) is 0.830. The minimum Gasteiger partial charge on any atom is -0.244 e. The normalized spacial score (nSPS) is 12.7. The Morgan fingerprint density at radius 3 is 3.14 bits per heavy atom. The zero-order valence-electron chi connectivity index (χ0n) is 5.35. The third kappa shape index (κ3) is 1.23. The van der Waals surface area contributed by atoms with Crippen molar-refractivity contribution in [3.8, 4) is 0 Å². The van der Waals surface area contributed by atoms with Gasteiger partial charge in [-0.2, -0.15) is 0 Å². The Kier molecular flexibility index (Phi) is 0.800. The summed E-state index contributed by atoms with van der Waals surface area (Å²) in [6.07, 6.45) is 1.32. The van der Waals surface area contributed by atoms with Gasteiger partial charge in [-0.25, -0.2) is 9.97 Å². The quantitative estimate of drug-likeness (QED) is 0.571. The minimum absolute atomic E-state index is 0.0509. The lowest BCUT2D eigenvalue weighted by Gasteiger charge is -1.79. The van der Waals surface area contributed by atoms with E-state index in [4.69, 9.17) is 2.74 Å². The molecule has 0 amide bonds. The highest BCUT2D eigenvalue weighted by Gasteiger charge is 1.76. The predicted octanol–water partition coefficient (Wildman–Crippen LogP) is 1.24. The summed E-state index contributed by atoms with van der Waals surface area (Å²) in [5.74, 6) is 0.